The second-order valence-corrected chi connectivity index (χ2v) is 6.69. The second-order valence-electron chi connectivity index (χ2n) is 6.69. The van der Waals surface area contributed by atoms with Crippen LogP contribution in [0.3, 0.4) is 0 Å². The molecule has 0 unspecified atom stereocenters. The first-order valence-corrected chi connectivity index (χ1v) is 8.63. The smallest absolute Gasteiger partial charge is 0.276 e. The Morgan fingerprint density at radius 2 is 2.00 bits per heavy atom. The molecule has 134 valence electrons. The number of piperidine rings is 1. The molecule has 1 N–H and O–H groups in total. The Balaban J connectivity index is 1.40. The van der Waals surface area contributed by atoms with Crippen molar-refractivity contribution in [2.75, 3.05) is 13.1 Å². The van der Waals surface area contributed by atoms with Gasteiger partial charge in [-0.25, -0.2) is 4.98 Å². The van der Waals surface area contributed by atoms with Gasteiger partial charge in [-0.2, -0.15) is 0 Å². The molecule has 1 amide bonds. The third-order valence-electron chi connectivity index (χ3n) is 4.81. The third-order valence-corrected chi connectivity index (χ3v) is 4.81. The topological polar surface area (TPSA) is 84.4 Å². The quantitative estimate of drug-likeness (QED) is 0.778. The van der Waals surface area contributed by atoms with Crippen LogP contribution in [0.5, 0.6) is 0 Å². The minimum absolute atomic E-state index is 0.166. The molecule has 0 bridgehead atoms. The molecule has 0 spiro atoms. The number of benzene rings is 1. The predicted octanol–water partition coefficient (Wildman–Crippen LogP) is 2.21. The van der Waals surface area contributed by atoms with Crippen molar-refractivity contribution in [3.05, 3.63) is 60.8 Å². The van der Waals surface area contributed by atoms with Crippen LogP contribution in [0.15, 0.2) is 59.6 Å². The number of aromatic nitrogens is 3. The van der Waals surface area contributed by atoms with Gasteiger partial charge in [0.25, 0.3) is 5.91 Å². The van der Waals surface area contributed by atoms with Crippen molar-refractivity contribution in [3.8, 4) is 11.3 Å². The molecule has 7 nitrogen and oxygen atoms in total. The molecule has 4 rings (SSSR count). The zero-order valence-electron chi connectivity index (χ0n) is 14.3. The Morgan fingerprint density at radius 3 is 2.69 bits per heavy atom. The average molecular weight is 352 g/mol. The second kappa shape index (κ2) is 6.76. The van der Waals surface area contributed by atoms with Gasteiger partial charge < -0.3 is 19.1 Å². The highest BCUT2D eigenvalue weighted by Gasteiger charge is 2.35. The lowest BCUT2D eigenvalue weighted by atomic mass is 9.91. The highest BCUT2D eigenvalue weighted by Crippen LogP contribution is 2.26. The summed E-state index contributed by atoms with van der Waals surface area (Å²) in [7, 11) is 0. The van der Waals surface area contributed by atoms with Crippen LogP contribution in [0.2, 0.25) is 0 Å². The molecule has 0 radical (unpaired) electrons. The van der Waals surface area contributed by atoms with Crippen LogP contribution in [0.1, 0.15) is 23.3 Å². The van der Waals surface area contributed by atoms with Crippen molar-refractivity contribution >= 4 is 5.91 Å². The summed E-state index contributed by atoms with van der Waals surface area (Å²) in [5.74, 6) is 0.406. The van der Waals surface area contributed by atoms with E-state index in [-0.39, 0.29) is 5.91 Å². The van der Waals surface area contributed by atoms with E-state index >= 15 is 0 Å². The first-order chi connectivity index (χ1) is 12.6. The maximum absolute atomic E-state index is 12.7. The summed E-state index contributed by atoms with van der Waals surface area (Å²) in [5, 5.41) is 14.7. The largest absolute Gasteiger partial charge is 0.388 e. The number of hydrogen-bond donors (Lipinski definition) is 1. The number of nitrogens with zero attached hydrogens (tertiary/aromatic N) is 4. The summed E-state index contributed by atoms with van der Waals surface area (Å²) < 4.78 is 7.18. The molecule has 1 aliphatic heterocycles. The molecule has 1 aliphatic rings. The maximum atomic E-state index is 12.7. The molecular formula is C19H20N4O3. The number of likely N-dealkylation sites (tertiary alicyclic amines) is 1. The SMILES string of the molecule is O=C(c1cc(-c2ccccc2)on1)N1CCC(O)(Cn2ccnc2)CC1. The lowest BCUT2D eigenvalue weighted by molar-refractivity contribution is -0.0293. The number of rotatable bonds is 4. The lowest BCUT2D eigenvalue weighted by Gasteiger charge is -2.38. The molecule has 7 heteroatoms. The average Bonchev–Trinajstić information content (AvgIpc) is 3.34. The minimum atomic E-state index is -0.823. The van der Waals surface area contributed by atoms with E-state index in [4.69, 9.17) is 4.52 Å². The third kappa shape index (κ3) is 3.39. The van der Waals surface area contributed by atoms with E-state index in [1.54, 1.807) is 23.5 Å². The van der Waals surface area contributed by atoms with Gasteiger partial charge >= 0.3 is 0 Å². The summed E-state index contributed by atoms with van der Waals surface area (Å²) in [6.45, 7) is 1.45. The monoisotopic (exact) mass is 352 g/mol. The van der Waals surface area contributed by atoms with Crippen molar-refractivity contribution < 1.29 is 14.4 Å². The molecule has 3 heterocycles. The van der Waals surface area contributed by atoms with E-state index in [0.717, 1.165) is 5.56 Å². The minimum Gasteiger partial charge on any atom is -0.388 e. The molecule has 0 saturated carbocycles. The molecule has 2 aromatic heterocycles. The number of hydrogen-bond acceptors (Lipinski definition) is 5. The highest BCUT2D eigenvalue weighted by atomic mass is 16.5. The summed E-state index contributed by atoms with van der Waals surface area (Å²) >= 11 is 0. The van der Waals surface area contributed by atoms with Gasteiger partial charge in [-0.1, -0.05) is 35.5 Å². The molecule has 0 atom stereocenters. The Morgan fingerprint density at radius 1 is 1.23 bits per heavy atom. The standard InChI is InChI=1S/C19H20N4O3/c24-18(16-12-17(26-21-16)15-4-2-1-3-5-15)23-9-6-19(25,7-10-23)13-22-11-8-20-14-22/h1-5,8,11-12,14,25H,6-7,9-10,13H2. The molecular weight excluding hydrogens is 332 g/mol. The van der Waals surface area contributed by atoms with Gasteiger partial charge in [0, 0.05) is 37.1 Å². The number of carbonyl (C=O) groups is 1. The molecule has 1 fully saturated rings. The van der Waals surface area contributed by atoms with Crippen molar-refractivity contribution in [2.45, 2.75) is 25.0 Å². The molecule has 1 aromatic carbocycles. The number of carbonyl (C=O) groups excluding carboxylic acids is 1. The summed E-state index contributed by atoms with van der Waals surface area (Å²) in [4.78, 5) is 18.4. The molecule has 1 saturated heterocycles. The number of amides is 1. The van der Waals surface area contributed by atoms with Gasteiger partial charge in [0.15, 0.2) is 11.5 Å². The van der Waals surface area contributed by atoms with Gasteiger partial charge in [0.1, 0.15) is 0 Å². The van der Waals surface area contributed by atoms with Crippen molar-refractivity contribution in [2.24, 2.45) is 0 Å². The van der Waals surface area contributed by atoms with Crippen LogP contribution in [-0.4, -0.2) is 49.3 Å². The maximum Gasteiger partial charge on any atom is 0.276 e. The zero-order valence-corrected chi connectivity index (χ0v) is 14.3. The summed E-state index contributed by atoms with van der Waals surface area (Å²) in [6, 6.07) is 11.2. The van der Waals surface area contributed by atoms with Crippen molar-refractivity contribution in [1.82, 2.24) is 19.6 Å². The van der Waals surface area contributed by atoms with Gasteiger partial charge in [-0.15, -0.1) is 0 Å². The van der Waals surface area contributed by atoms with Gasteiger partial charge in [0.2, 0.25) is 0 Å². The van der Waals surface area contributed by atoms with E-state index in [0.29, 0.717) is 43.9 Å². The molecule has 26 heavy (non-hydrogen) atoms. The zero-order chi connectivity index (χ0) is 18.0. The Labute approximate surface area is 150 Å². The van der Waals surface area contributed by atoms with E-state index in [1.165, 1.54) is 0 Å². The van der Waals surface area contributed by atoms with Crippen LogP contribution in [0, 0.1) is 0 Å². The van der Waals surface area contributed by atoms with Crippen LogP contribution in [0.4, 0.5) is 0 Å². The first kappa shape index (κ1) is 16.5. The molecule has 3 aromatic rings. The van der Waals surface area contributed by atoms with Crippen molar-refractivity contribution in [1.29, 1.82) is 0 Å². The van der Waals surface area contributed by atoms with Crippen LogP contribution in [-0.2, 0) is 6.54 Å². The van der Waals surface area contributed by atoms with Crippen LogP contribution >= 0.6 is 0 Å². The van der Waals surface area contributed by atoms with Gasteiger partial charge in [0.05, 0.1) is 18.5 Å². The van der Waals surface area contributed by atoms with E-state index in [2.05, 4.69) is 10.1 Å². The molecule has 0 aliphatic carbocycles. The van der Waals surface area contributed by atoms with Gasteiger partial charge in [-0.05, 0) is 12.8 Å². The number of imidazole rings is 1. The lowest BCUT2D eigenvalue weighted by Crippen LogP contribution is -2.48. The van der Waals surface area contributed by atoms with Crippen LogP contribution < -0.4 is 0 Å². The highest BCUT2D eigenvalue weighted by molar-refractivity contribution is 5.93. The van der Waals surface area contributed by atoms with Crippen molar-refractivity contribution in [3.63, 3.8) is 0 Å². The first-order valence-electron chi connectivity index (χ1n) is 8.63. The predicted molar refractivity (Wildman–Crippen MR) is 94.3 cm³/mol. The fourth-order valence-electron chi connectivity index (χ4n) is 3.28. The Kier molecular flexibility index (Phi) is 4.30. The van der Waals surface area contributed by atoms with E-state index < -0.39 is 5.60 Å². The summed E-state index contributed by atoms with van der Waals surface area (Å²) in [5.41, 5.74) is 0.354. The number of aliphatic hydroxyl groups is 1. The van der Waals surface area contributed by atoms with E-state index in [1.807, 2.05) is 41.1 Å². The summed E-state index contributed by atoms with van der Waals surface area (Å²) in [6.07, 6.45) is 6.24. The Bertz CT molecular complexity index is 865. The fourth-order valence-corrected chi connectivity index (χ4v) is 3.28. The van der Waals surface area contributed by atoms with Crippen LogP contribution in [0.25, 0.3) is 11.3 Å². The van der Waals surface area contributed by atoms with E-state index in [9.17, 15) is 9.90 Å². The normalized spacial score (nSPS) is 16.6. The van der Waals surface area contributed by atoms with Gasteiger partial charge in [-0.3, -0.25) is 4.79 Å². The fraction of sp³-hybridized carbons (Fsp3) is 0.316. The Hall–Kier alpha value is -2.93.